The lowest BCUT2D eigenvalue weighted by Crippen LogP contribution is -2.34. The highest BCUT2D eigenvalue weighted by Crippen LogP contribution is 2.26. The minimum Gasteiger partial charge on any atom is -0.489 e. The number of hydrogen-bond donors (Lipinski definition) is 2. The lowest BCUT2D eigenvalue weighted by molar-refractivity contribution is -0.137. The molecule has 0 bridgehead atoms. The number of ether oxygens (including phenoxy) is 2. The molecule has 1 aromatic rings. The molecular weight excluding hydrogens is 300 g/mol. The summed E-state index contributed by atoms with van der Waals surface area (Å²) >= 11 is 0. The van der Waals surface area contributed by atoms with Crippen LogP contribution in [0.1, 0.15) is 6.92 Å². The van der Waals surface area contributed by atoms with Crippen molar-refractivity contribution in [2.45, 2.75) is 6.92 Å². The molecule has 7 nitrogen and oxygen atoms in total. The molecule has 2 N–H and O–H groups in total. The lowest BCUT2D eigenvalue weighted by Gasteiger charge is -2.15. The Bertz CT molecular complexity index is 600. The zero-order valence-corrected chi connectivity index (χ0v) is 12.9. The number of nitrogens with one attached hydrogen (secondary N) is 1. The van der Waals surface area contributed by atoms with Crippen LogP contribution in [0.15, 0.2) is 36.0 Å². The van der Waals surface area contributed by atoms with E-state index >= 15 is 0 Å². The summed E-state index contributed by atoms with van der Waals surface area (Å²) in [5.41, 5.74) is 0.742. The molecule has 7 heteroatoms. The largest absolute Gasteiger partial charge is 0.489 e. The van der Waals surface area contributed by atoms with Gasteiger partial charge in [-0.2, -0.15) is 0 Å². The van der Waals surface area contributed by atoms with Gasteiger partial charge in [-0.3, -0.25) is 14.5 Å². The molecule has 0 unspecified atom stereocenters. The summed E-state index contributed by atoms with van der Waals surface area (Å²) in [6, 6.07) is 7.13. The quantitative estimate of drug-likeness (QED) is 0.516. The van der Waals surface area contributed by atoms with Crippen molar-refractivity contribution in [3.05, 3.63) is 36.0 Å². The molecule has 0 fully saturated rings. The van der Waals surface area contributed by atoms with Crippen LogP contribution in [0.5, 0.6) is 5.75 Å². The number of rotatable bonds is 9. The predicted molar refractivity (Wildman–Crippen MR) is 83.9 cm³/mol. The van der Waals surface area contributed by atoms with Crippen molar-refractivity contribution < 1.29 is 24.2 Å². The van der Waals surface area contributed by atoms with E-state index in [0.29, 0.717) is 31.3 Å². The second-order valence-corrected chi connectivity index (χ2v) is 4.74. The molecule has 0 aromatic heterocycles. The van der Waals surface area contributed by atoms with Crippen LogP contribution in [0.2, 0.25) is 0 Å². The van der Waals surface area contributed by atoms with E-state index in [9.17, 15) is 9.59 Å². The maximum atomic E-state index is 12.1. The topological polar surface area (TPSA) is 88.1 Å². The van der Waals surface area contributed by atoms with Crippen LogP contribution in [0.4, 0.5) is 5.69 Å². The van der Waals surface area contributed by atoms with Gasteiger partial charge in [0.2, 0.25) is 0 Å². The average Bonchev–Trinajstić information content (AvgIpc) is 2.81. The van der Waals surface area contributed by atoms with Gasteiger partial charge in [0.1, 0.15) is 18.1 Å². The summed E-state index contributed by atoms with van der Waals surface area (Å²) in [5.74, 6) is -0.344. The summed E-state index contributed by atoms with van der Waals surface area (Å²) in [5, 5.41) is 11.8. The molecule has 0 saturated carbocycles. The third-order valence-corrected chi connectivity index (χ3v) is 3.18. The van der Waals surface area contributed by atoms with Crippen molar-refractivity contribution in [2.75, 3.05) is 38.3 Å². The molecule has 23 heavy (non-hydrogen) atoms. The van der Waals surface area contributed by atoms with Gasteiger partial charge in [0, 0.05) is 12.7 Å². The molecule has 2 amide bonds. The number of para-hydroxylation sites is 2. The first-order valence-electron chi connectivity index (χ1n) is 7.42. The van der Waals surface area contributed by atoms with Gasteiger partial charge in [0.25, 0.3) is 11.8 Å². The summed E-state index contributed by atoms with van der Waals surface area (Å²) in [6.45, 7) is 3.09. The number of aliphatic hydroxyl groups is 1. The van der Waals surface area contributed by atoms with E-state index in [4.69, 9.17) is 14.6 Å². The molecule has 0 spiro atoms. The number of β-amino-alcohol motifs (C(OH)–C–C–N with tert-alkyl or cyclic N) is 1. The van der Waals surface area contributed by atoms with Crippen LogP contribution in [0.25, 0.3) is 0 Å². The second kappa shape index (κ2) is 8.30. The molecule has 1 heterocycles. The number of anilines is 1. The van der Waals surface area contributed by atoms with Gasteiger partial charge in [-0.25, -0.2) is 0 Å². The Morgan fingerprint density at radius 2 is 2.00 bits per heavy atom. The number of nitrogens with zero attached hydrogens (tertiary/aromatic N) is 1. The molecule has 0 atom stereocenters. The number of amides is 2. The third kappa shape index (κ3) is 4.30. The van der Waals surface area contributed by atoms with Gasteiger partial charge in [0.05, 0.1) is 25.4 Å². The number of hydrogen-bond acceptors (Lipinski definition) is 6. The van der Waals surface area contributed by atoms with Gasteiger partial charge in [-0.1, -0.05) is 12.1 Å². The fraction of sp³-hybridized carbons (Fsp3) is 0.375. The minimum absolute atomic E-state index is 0.0220. The smallest absolute Gasteiger partial charge is 0.277 e. The average molecular weight is 320 g/mol. The fourth-order valence-corrected chi connectivity index (χ4v) is 2.11. The molecule has 0 radical (unpaired) electrons. The third-order valence-electron chi connectivity index (χ3n) is 3.18. The Morgan fingerprint density at radius 3 is 2.74 bits per heavy atom. The van der Waals surface area contributed by atoms with Crippen LogP contribution >= 0.6 is 0 Å². The normalized spacial score (nSPS) is 14.2. The Labute approximate surface area is 134 Å². The molecule has 1 aliphatic rings. The van der Waals surface area contributed by atoms with Crippen LogP contribution in [-0.2, 0) is 14.3 Å². The molecule has 0 aliphatic carbocycles. The Balaban J connectivity index is 2.04. The monoisotopic (exact) mass is 320 g/mol. The van der Waals surface area contributed by atoms with Crippen molar-refractivity contribution in [3.8, 4) is 5.75 Å². The number of aliphatic hydroxyl groups excluding tert-OH is 1. The number of imide groups is 1. The van der Waals surface area contributed by atoms with E-state index in [1.54, 1.807) is 18.2 Å². The summed E-state index contributed by atoms with van der Waals surface area (Å²) in [4.78, 5) is 24.8. The highest BCUT2D eigenvalue weighted by molar-refractivity contribution is 6.17. The summed E-state index contributed by atoms with van der Waals surface area (Å²) < 4.78 is 10.8. The van der Waals surface area contributed by atoms with E-state index in [0.717, 1.165) is 4.90 Å². The minimum atomic E-state index is -0.465. The van der Waals surface area contributed by atoms with Gasteiger partial charge in [-0.15, -0.1) is 0 Å². The fourth-order valence-electron chi connectivity index (χ4n) is 2.11. The highest BCUT2D eigenvalue weighted by atomic mass is 16.5. The van der Waals surface area contributed by atoms with Gasteiger partial charge < -0.3 is 19.9 Å². The van der Waals surface area contributed by atoms with E-state index in [1.807, 2.05) is 13.0 Å². The predicted octanol–water partition coefficient (Wildman–Crippen LogP) is 0.759. The van der Waals surface area contributed by atoms with Gasteiger partial charge >= 0.3 is 0 Å². The van der Waals surface area contributed by atoms with E-state index in [1.165, 1.54) is 6.08 Å². The summed E-state index contributed by atoms with van der Waals surface area (Å²) in [6.07, 6.45) is 1.22. The maximum Gasteiger partial charge on any atom is 0.277 e. The van der Waals surface area contributed by atoms with E-state index < -0.39 is 11.8 Å². The van der Waals surface area contributed by atoms with Crippen LogP contribution in [0, 0.1) is 0 Å². The number of carbonyl (C=O) groups excluding carboxylic acids is 2. The van der Waals surface area contributed by atoms with Crippen molar-refractivity contribution in [1.29, 1.82) is 0 Å². The van der Waals surface area contributed by atoms with Gasteiger partial charge in [0.15, 0.2) is 0 Å². The molecule has 1 aliphatic heterocycles. The zero-order chi connectivity index (χ0) is 16.7. The zero-order valence-electron chi connectivity index (χ0n) is 12.9. The first kappa shape index (κ1) is 17.0. The van der Waals surface area contributed by atoms with Crippen LogP contribution in [-0.4, -0.2) is 54.8 Å². The number of carbonyl (C=O) groups is 2. The first-order valence-corrected chi connectivity index (χ1v) is 7.42. The van der Waals surface area contributed by atoms with Crippen molar-refractivity contribution in [2.24, 2.45) is 0 Å². The molecular formula is C16H20N2O5. The van der Waals surface area contributed by atoms with Crippen molar-refractivity contribution >= 4 is 17.5 Å². The summed E-state index contributed by atoms with van der Waals surface area (Å²) in [7, 11) is 0. The molecule has 2 rings (SSSR count). The SMILES string of the molecule is CCOCCOc1ccccc1NC1=CC(=O)N(CCO)C1=O. The Morgan fingerprint density at radius 1 is 1.22 bits per heavy atom. The first-order chi connectivity index (χ1) is 11.2. The Hall–Kier alpha value is -2.38. The van der Waals surface area contributed by atoms with Crippen molar-refractivity contribution in [1.82, 2.24) is 4.90 Å². The lowest BCUT2D eigenvalue weighted by atomic mass is 10.2. The standard InChI is InChI=1S/C16H20N2O5/c1-2-22-9-10-23-14-6-4-3-5-12(14)17-13-11-15(20)18(7-8-19)16(13)21/h3-6,11,17,19H,2,7-10H2,1H3. The second-order valence-electron chi connectivity index (χ2n) is 4.74. The maximum absolute atomic E-state index is 12.1. The van der Waals surface area contributed by atoms with E-state index in [2.05, 4.69) is 5.32 Å². The van der Waals surface area contributed by atoms with Gasteiger partial charge in [-0.05, 0) is 19.1 Å². The number of benzene rings is 1. The highest BCUT2D eigenvalue weighted by Gasteiger charge is 2.30. The molecule has 0 saturated heterocycles. The molecule has 124 valence electrons. The molecule has 1 aromatic carbocycles. The van der Waals surface area contributed by atoms with Crippen LogP contribution in [0.3, 0.4) is 0 Å². The van der Waals surface area contributed by atoms with E-state index in [-0.39, 0.29) is 18.8 Å². The van der Waals surface area contributed by atoms with Crippen molar-refractivity contribution in [3.63, 3.8) is 0 Å². The Kier molecular flexibility index (Phi) is 6.13. The van der Waals surface area contributed by atoms with Crippen LogP contribution < -0.4 is 10.1 Å².